The first-order chi connectivity index (χ1) is 15.2. The quantitative estimate of drug-likeness (QED) is 0.674. The van der Waals surface area contributed by atoms with E-state index in [0.29, 0.717) is 24.8 Å². The number of aromatic amines is 2. The lowest BCUT2D eigenvalue weighted by molar-refractivity contribution is -0.131. The number of nitrogens with zero attached hydrogens (tertiary/aromatic N) is 4. The lowest BCUT2D eigenvalue weighted by atomic mass is 9.86. The molecule has 4 heterocycles. The average molecular weight is 441 g/mol. The molecule has 2 aliphatic heterocycles. The minimum absolute atomic E-state index is 0.121. The molecule has 0 bridgehead atoms. The van der Waals surface area contributed by atoms with Crippen molar-refractivity contribution in [1.29, 1.82) is 0 Å². The number of carbonyl (C=O) groups is 1. The number of hydrogen-bond donors (Lipinski definition) is 2. The summed E-state index contributed by atoms with van der Waals surface area (Å²) in [7, 11) is 0. The smallest absolute Gasteiger partial charge is 0.222 e. The second-order valence-corrected chi connectivity index (χ2v) is 10.6. The van der Waals surface area contributed by atoms with Crippen molar-refractivity contribution in [3.63, 3.8) is 0 Å². The molecule has 0 saturated carbocycles. The molecule has 0 aromatic carbocycles. The van der Waals surface area contributed by atoms with Gasteiger partial charge in [0, 0.05) is 43.1 Å². The summed E-state index contributed by atoms with van der Waals surface area (Å²) >= 11 is 0. The van der Waals surface area contributed by atoms with E-state index >= 15 is 0 Å². The number of hydrogen-bond acceptors (Lipinski definition) is 4. The minimum atomic E-state index is 0.121. The molecule has 1 unspecified atom stereocenters. The average Bonchev–Trinajstić information content (AvgIpc) is 3.40. The van der Waals surface area contributed by atoms with Crippen LogP contribution in [0.2, 0.25) is 0 Å². The van der Waals surface area contributed by atoms with Crippen molar-refractivity contribution in [2.45, 2.75) is 104 Å². The van der Waals surface area contributed by atoms with E-state index in [1.54, 1.807) is 0 Å². The Morgan fingerprint density at radius 2 is 1.62 bits per heavy atom. The number of rotatable bonds is 7. The predicted molar refractivity (Wildman–Crippen MR) is 127 cm³/mol. The number of H-pyrrole nitrogens is 2. The normalized spacial score (nSPS) is 18.0. The highest BCUT2D eigenvalue weighted by Crippen LogP contribution is 2.34. The lowest BCUT2D eigenvalue weighted by Crippen LogP contribution is -2.46. The van der Waals surface area contributed by atoms with Crippen molar-refractivity contribution in [3.8, 4) is 0 Å². The zero-order chi connectivity index (χ0) is 23.0. The third-order valence-corrected chi connectivity index (χ3v) is 7.64. The summed E-state index contributed by atoms with van der Waals surface area (Å²) in [5.74, 6) is 1.11. The number of carbonyl (C=O) groups excluding carboxylic acids is 1. The van der Waals surface area contributed by atoms with Crippen LogP contribution in [-0.2, 0) is 30.7 Å². The Kier molecular flexibility index (Phi) is 6.48. The molecule has 7 nitrogen and oxygen atoms in total. The molecule has 1 atom stereocenters. The van der Waals surface area contributed by atoms with E-state index in [1.165, 1.54) is 28.2 Å². The fourth-order valence-corrected chi connectivity index (χ4v) is 5.39. The molecule has 2 N–H and O–H groups in total. The predicted octanol–water partition coefficient (Wildman–Crippen LogP) is 4.27. The lowest BCUT2D eigenvalue weighted by Gasteiger charge is -2.41. The van der Waals surface area contributed by atoms with Gasteiger partial charge in [0.05, 0.1) is 29.3 Å². The Bertz CT molecular complexity index is 956. The number of amides is 1. The molecule has 0 spiro atoms. The summed E-state index contributed by atoms with van der Waals surface area (Å²) in [6.45, 7) is 16.9. The summed E-state index contributed by atoms with van der Waals surface area (Å²) in [6, 6.07) is 0. The van der Waals surface area contributed by atoms with Gasteiger partial charge >= 0.3 is 0 Å². The van der Waals surface area contributed by atoms with Gasteiger partial charge in [0.1, 0.15) is 0 Å². The summed E-state index contributed by atoms with van der Waals surface area (Å²) < 4.78 is 0. The van der Waals surface area contributed by atoms with Crippen LogP contribution in [-0.4, -0.2) is 54.7 Å². The summed E-state index contributed by atoms with van der Waals surface area (Å²) in [6.07, 6.45) is 4.78. The molecule has 4 rings (SSSR count). The van der Waals surface area contributed by atoms with Crippen molar-refractivity contribution >= 4 is 5.91 Å². The maximum absolute atomic E-state index is 12.1. The van der Waals surface area contributed by atoms with Crippen LogP contribution in [0.5, 0.6) is 0 Å². The first-order valence-corrected chi connectivity index (χ1v) is 12.4. The molecule has 0 radical (unpaired) electrons. The maximum atomic E-state index is 12.1. The highest BCUT2D eigenvalue weighted by molar-refractivity contribution is 5.76. The van der Waals surface area contributed by atoms with Gasteiger partial charge in [0.25, 0.3) is 0 Å². The zero-order valence-corrected chi connectivity index (χ0v) is 20.7. The van der Waals surface area contributed by atoms with E-state index in [4.69, 9.17) is 0 Å². The molecule has 2 aromatic heterocycles. The van der Waals surface area contributed by atoms with Crippen LogP contribution in [0.1, 0.15) is 107 Å². The zero-order valence-electron chi connectivity index (χ0n) is 20.7. The minimum Gasteiger partial charge on any atom is -0.336 e. The molecular formula is C25H40N6O. The van der Waals surface area contributed by atoms with Gasteiger partial charge < -0.3 is 4.90 Å². The second-order valence-electron chi connectivity index (χ2n) is 10.6. The van der Waals surface area contributed by atoms with Crippen LogP contribution in [0.15, 0.2) is 0 Å². The Morgan fingerprint density at radius 1 is 1.00 bits per heavy atom. The van der Waals surface area contributed by atoms with Gasteiger partial charge in [-0.25, -0.2) is 0 Å². The number of fused-ring (bicyclic) bond motifs is 2. The third kappa shape index (κ3) is 4.36. The number of aromatic nitrogens is 4. The van der Waals surface area contributed by atoms with Gasteiger partial charge in [-0.05, 0) is 51.0 Å². The van der Waals surface area contributed by atoms with Gasteiger partial charge in [0.2, 0.25) is 5.91 Å². The Balaban J connectivity index is 1.37. The number of nitrogens with one attached hydrogen (secondary N) is 2. The summed E-state index contributed by atoms with van der Waals surface area (Å²) in [4.78, 5) is 16.6. The van der Waals surface area contributed by atoms with Crippen LogP contribution in [0.3, 0.4) is 0 Å². The van der Waals surface area contributed by atoms with Crippen molar-refractivity contribution in [2.24, 2.45) is 0 Å². The van der Waals surface area contributed by atoms with Gasteiger partial charge in [-0.15, -0.1) is 0 Å². The highest BCUT2D eigenvalue weighted by Gasteiger charge is 2.33. The molecule has 2 aliphatic rings. The van der Waals surface area contributed by atoms with Crippen LogP contribution in [0.25, 0.3) is 0 Å². The van der Waals surface area contributed by atoms with Crippen molar-refractivity contribution in [2.75, 3.05) is 13.1 Å². The van der Waals surface area contributed by atoms with Crippen LogP contribution >= 0.6 is 0 Å². The molecule has 7 heteroatoms. The van der Waals surface area contributed by atoms with Crippen LogP contribution in [0.4, 0.5) is 0 Å². The maximum Gasteiger partial charge on any atom is 0.222 e. The fourth-order valence-electron chi connectivity index (χ4n) is 5.39. The molecular weight excluding hydrogens is 400 g/mol. The van der Waals surface area contributed by atoms with E-state index in [0.717, 1.165) is 51.0 Å². The Morgan fingerprint density at radius 3 is 2.31 bits per heavy atom. The Hall–Kier alpha value is -2.15. The SMILES string of the molecule is CCC(=O)N1CCc2c(C(C)CCC(C)(C)N3CCc4c(C(C)C)n[nH]c4C3)n[nH]c2C1. The third-order valence-electron chi connectivity index (χ3n) is 7.64. The van der Waals surface area contributed by atoms with Crippen molar-refractivity contribution in [3.05, 3.63) is 33.9 Å². The molecule has 1 amide bonds. The topological polar surface area (TPSA) is 80.9 Å². The molecule has 0 aliphatic carbocycles. The second kappa shape index (κ2) is 9.00. The van der Waals surface area contributed by atoms with Gasteiger partial charge in [-0.1, -0.05) is 27.7 Å². The highest BCUT2D eigenvalue weighted by atomic mass is 16.2. The van der Waals surface area contributed by atoms with E-state index in [9.17, 15) is 4.79 Å². The van der Waals surface area contributed by atoms with Gasteiger partial charge in [0.15, 0.2) is 0 Å². The standard InChI is InChI=1S/C25H40N6O/c1-7-22(32)30-12-9-19-20(14-30)26-29-24(19)17(4)8-11-25(5,6)31-13-10-18-21(15-31)27-28-23(18)16(2)3/h16-17H,7-15H2,1-6H3,(H,26,29)(H,27,28). The molecule has 176 valence electrons. The molecule has 0 saturated heterocycles. The molecule has 0 fully saturated rings. The van der Waals surface area contributed by atoms with E-state index < -0.39 is 0 Å². The van der Waals surface area contributed by atoms with Crippen molar-refractivity contribution < 1.29 is 4.79 Å². The first kappa shape index (κ1) is 23.0. The van der Waals surface area contributed by atoms with Crippen LogP contribution < -0.4 is 0 Å². The van der Waals surface area contributed by atoms with E-state index in [2.05, 4.69) is 59.9 Å². The summed E-state index contributed by atoms with van der Waals surface area (Å²) in [5, 5.41) is 15.8. The van der Waals surface area contributed by atoms with Crippen molar-refractivity contribution in [1.82, 2.24) is 30.2 Å². The van der Waals surface area contributed by atoms with E-state index in [-0.39, 0.29) is 11.4 Å². The largest absolute Gasteiger partial charge is 0.336 e. The molecule has 2 aromatic rings. The fraction of sp³-hybridized carbons (Fsp3) is 0.720. The monoisotopic (exact) mass is 440 g/mol. The van der Waals surface area contributed by atoms with Gasteiger partial charge in [-0.3, -0.25) is 19.9 Å². The van der Waals surface area contributed by atoms with E-state index in [1.807, 2.05) is 11.8 Å². The van der Waals surface area contributed by atoms with Gasteiger partial charge in [-0.2, -0.15) is 10.2 Å². The van der Waals surface area contributed by atoms with Crippen LogP contribution in [0, 0.1) is 0 Å². The summed E-state index contributed by atoms with van der Waals surface area (Å²) in [5.41, 5.74) is 7.78. The molecule has 32 heavy (non-hydrogen) atoms. The first-order valence-electron chi connectivity index (χ1n) is 12.4. The Labute approximate surface area is 192 Å².